The molecule has 1 aromatic rings. The molecule has 0 heterocycles. The van der Waals surface area contributed by atoms with Crippen LogP contribution in [0.25, 0.3) is 0 Å². The zero-order chi connectivity index (χ0) is 11.3. The molecule has 1 aromatic carbocycles. The topological polar surface area (TPSA) is 35.5 Å². The van der Waals surface area contributed by atoms with Crippen molar-refractivity contribution in [2.45, 2.75) is 19.8 Å². The van der Waals surface area contributed by atoms with Crippen LogP contribution in [0.5, 0.6) is 5.75 Å². The van der Waals surface area contributed by atoms with Crippen LogP contribution in [0.3, 0.4) is 0 Å². The Bertz CT molecular complexity index is 316. The highest BCUT2D eigenvalue weighted by Crippen LogP contribution is 2.19. The number of ether oxygens (including phenoxy) is 2. The molecule has 82 valence electrons. The van der Waals surface area contributed by atoms with Gasteiger partial charge >= 0.3 is 5.97 Å². The Labute approximate surface area is 90.0 Å². The molecule has 0 aliphatic rings. The van der Waals surface area contributed by atoms with Crippen LogP contribution >= 0.6 is 0 Å². The monoisotopic (exact) mass is 208 g/mol. The van der Waals surface area contributed by atoms with Crippen molar-refractivity contribution in [3.05, 3.63) is 29.8 Å². The van der Waals surface area contributed by atoms with E-state index in [1.807, 2.05) is 12.1 Å². The van der Waals surface area contributed by atoms with Gasteiger partial charge in [-0.25, -0.2) is 0 Å². The molecule has 3 heteroatoms. The highest BCUT2D eigenvalue weighted by atomic mass is 16.5. The first-order valence-electron chi connectivity index (χ1n) is 4.90. The zero-order valence-corrected chi connectivity index (χ0v) is 9.32. The lowest BCUT2D eigenvalue weighted by atomic mass is 10.0. The SMILES string of the molecule is COCC(C)c1ccc(OC(C)=O)cc1. The third-order valence-electron chi connectivity index (χ3n) is 2.13. The lowest BCUT2D eigenvalue weighted by molar-refractivity contribution is -0.131. The lowest BCUT2D eigenvalue weighted by Crippen LogP contribution is -2.03. The standard InChI is InChI=1S/C12H16O3/c1-9(8-14-3)11-4-6-12(7-5-11)15-10(2)13/h4-7,9H,8H2,1-3H3. The summed E-state index contributed by atoms with van der Waals surface area (Å²) in [5.41, 5.74) is 1.17. The molecule has 0 aliphatic heterocycles. The number of rotatable bonds is 4. The normalized spacial score (nSPS) is 12.2. The summed E-state index contributed by atoms with van der Waals surface area (Å²) in [5, 5.41) is 0. The van der Waals surface area contributed by atoms with Crippen molar-refractivity contribution in [2.24, 2.45) is 0 Å². The van der Waals surface area contributed by atoms with Gasteiger partial charge in [-0.3, -0.25) is 4.79 Å². The summed E-state index contributed by atoms with van der Waals surface area (Å²) >= 11 is 0. The molecule has 3 nitrogen and oxygen atoms in total. The largest absolute Gasteiger partial charge is 0.427 e. The lowest BCUT2D eigenvalue weighted by Gasteiger charge is -2.10. The number of hydrogen-bond acceptors (Lipinski definition) is 3. The Morgan fingerprint density at radius 2 is 1.93 bits per heavy atom. The van der Waals surface area contributed by atoms with E-state index < -0.39 is 0 Å². The molecule has 0 saturated heterocycles. The molecule has 0 spiro atoms. The summed E-state index contributed by atoms with van der Waals surface area (Å²) < 4.78 is 10.0. The molecule has 0 aromatic heterocycles. The molecule has 0 amide bonds. The van der Waals surface area contributed by atoms with E-state index in [0.29, 0.717) is 18.3 Å². The molecule has 1 atom stereocenters. The van der Waals surface area contributed by atoms with Gasteiger partial charge in [0.05, 0.1) is 6.61 Å². The van der Waals surface area contributed by atoms with E-state index in [4.69, 9.17) is 9.47 Å². The van der Waals surface area contributed by atoms with Crippen molar-refractivity contribution in [1.29, 1.82) is 0 Å². The van der Waals surface area contributed by atoms with Gasteiger partial charge in [-0.05, 0) is 17.7 Å². The summed E-state index contributed by atoms with van der Waals surface area (Å²) in [4.78, 5) is 10.7. The van der Waals surface area contributed by atoms with E-state index in [9.17, 15) is 4.79 Å². The molecule has 1 unspecified atom stereocenters. The van der Waals surface area contributed by atoms with Gasteiger partial charge in [0.25, 0.3) is 0 Å². The average molecular weight is 208 g/mol. The van der Waals surface area contributed by atoms with Gasteiger partial charge in [-0.15, -0.1) is 0 Å². The van der Waals surface area contributed by atoms with Crippen molar-refractivity contribution in [3.63, 3.8) is 0 Å². The molecular formula is C12H16O3. The van der Waals surface area contributed by atoms with Gasteiger partial charge in [0, 0.05) is 20.0 Å². The fourth-order valence-corrected chi connectivity index (χ4v) is 1.38. The zero-order valence-electron chi connectivity index (χ0n) is 9.32. The summed E-state index contributed by atoms with van der Waals surface area (Å²) in [7, 11) is 1.68. The number of benzene rings is 1. The summed E-state index contributed by atoms with van der Waals surface area (Å²) in [6.45, 7) is 4.17. The fraction of sp³-hybridized carbons (Fsp3) is 0.417. The van der Waals surface area contributed by atoms with E-state index in [0.717, 1.165) is 0 Å². The maximum atomic E-state index is 10.7. The Morgan fingerprint density at radius 1 is 1.33 bits per heavy atom. The minimum Gasteiger partial charge on any atom is -0.427 e. The van der Waals surface area contributed by atoms with Crippen molar-refractivity contribution in [2.75, 3.05) is 13.7 Å². The van der Waals surface area contributed by atoms with Gasteiger partial charge in [-0.2, -0.15) is 0 Å². The Kier molecular flexibility index (Phi) is 4.31. The quantitative estimate of drug-likeness (QED) is 0.563. The molecule has 1 rings (SSSR count). The molecule has 0 fully saturated rings. The van der Waals surface area contributed by atoms with E-state index in [1.165, 1.54) is 12.5 Å². The van der Waals surface area contributed by atoms with E-state index >= 15 is 0 Å². The maximum absolute atomic E-state index is 10.7. The first-order chi connectivity index (χ1) is 7.13. The Morgan fingerprint density at radius 3 is 2.40 bits per heavy atom. The number of esters is 1. The van der Waals surface area contributed by atoms with Crippen molar-refractivity contribution in [3.8, 4) is 5.75 Å². The van der Waals surface area contributed by atoms with Crippen LogP contribution in [0.15, 0.2) is 24.3 Å². The molecule has 0 saturated carbocycles. The molecule has 15 heavy (non-hydrogen) atoms. The highest BCUT2D eigenvalue weighted by Gasteiger charge is 2.05. The Balaban J connectivity index is 2.67. The molecule has 0 radical (unpaired) electrons. The maximum Gasteiger partial charge on any atom is 0.308 e. The van der Waals surface area contributed by atoms with Gasteiger partial charge in [0.2, 0.25) is 0 Å². The number of hydrogen-bond donors (Lipinski definition) is 0. The third-order valence-corrected chi connectivity index (χ3v) is 2.13. The van der Waals surface area contributed by atoms with Crippen LogP contribution < -0.4 is 4.74 Å². The minimum absolute atomic E-state index is 0.298. The second-order valence-electron chi connectivity index (χ2n) is 3.52. The molecule has 0 aliphatic carbocycles. The smallest absolute Gasteiger partial charge is 0.308 e. The van der Waals surface area contributed by atoms with Gasteiger partial charge < -0.3 is 9.47 Å². The molecule has 0 bridgehead atoms. The van der Waals surface area contributed by atoms with Crippen LogP contribution in [0.2, 0.25) is 0 Å². The van der Waals surface area contributed by atoms with Crippen molar-refractivity contribution in [1.82, 2.24) is 0 Å². The predicted molar refractivity (Wildman–Crippen MR) is 58.0 cm³/mol. The number of carbonyl (C=O) groups is 1. The van der Waals surface area contributed by atoms with Crippen LogP contribution in [-0.2, 0) is 9.53 Å². The second kappa shape index (κ2) is 5.51. The van der Waals surface area contributed by atoms with Gasteiger partial charge in [0.1, 0.15) is 5.75 Å². The van der Waals surface area contributed by atoms with Gasteiger partial charge in [-0.1, -0.05) is 19.1 Å². The predicted octanol–water partition coefficient (Wildman–Crippen LogP) is 2.36. The second-order valence-corrected chi connectivity index (χ2v) is 3.52. The third kappa shape index (κ3) is 3.72. The number of methoxy groups -OCH3 is 1. The fourth-order valence-electron chi connectivity index (χ4n) is 1.38. The van der Waals surface area contributed by atoms with Crippen LogP contribution in [0, 0.1) is 0 Å². The van der Waals surface area contributed by atoms with Crippen LogP contribution in [0.4, 0.5) is 0 Å². The number of carbonyl (C=O) groups excluding carboxylic acids is 1. The first kappa shape index (κ1) is 11.7. The molecule has 0 N–H and O–H groups in total. The highest BCUT2D eigenvalue weighted by molar-refractivity contribution is 5.69. The average Bonchev–Trinajstić information content (AvgIpc) is 2.18. The van der Waals surface area contributed by atoms with E-state index in [1.54, 1.807) is 19.2 Å². The summed E-state index contributed by atoms with van der Waals surface area (Å²) in [6.07, 6.45) is 0. The van der Waals surface area contributed by atoms with Crippen molar-refractivity contribution >= 4 is 5.97 Å². The first-order valence-corrected chi connectivity index (χ1v) is 4.90. The molecular weight excluding hydrogens is 192 g/mol. The van der Waals surface area contributed by atoms with Gasteiger partial charge in [0.15, 0.2) is 0 Å². The van der Waals surface area contributed by atoms with Crippen LogP contribution in [0.1, 0.15) is 25.3 Å². The van der Waals surface area contributed by atoms with E-state index in [-0.39, 0.29) is 5.97 Å². The van der Waals surface area contributed by atoms with Crippen molar-refractivity contribution < 1.29 is 14.3 Å². The van der Waals surface area contributed by atoms with Crippen LogP contribution in [-0.4, -0.2) is 19.7 Å². The van der Waals surface area contributed by atoms with E-state index in [2.05, 4.69) is 6.92 Å². The Hall–Kier alpha value is -1.35. The summed E-state index contributed by atoms with van der Waals surface area (Å²) in [6, 6.07) is 7.48. The minimum atomic E-state index is -0.298. The summed E-state index contributed by atoms with van der Waals surface area (Å²) in [5.74, 6) is 0.630.